The van der Waals surface area contributed by atoms with Crippen molar-refractivity contribution in [2.45, 2.75) is 17.7 Å². The van der Waals surface area contributed by atoms with Gasteiger partial charge in [0, 0.05) is 10.9 Å². The van der Waals surface area contributed by atoms with Gasteiger partial charge in [-0.05, 0) is 18.2 Å². The van der Waals surface area contributed by atoms with Gasteiger partial charge in [0.2, 0.25) is 0 Å². The van der Waals surface area contributed by atoms with E-state index in [0.717, 1.165) is 0 Å². The molecular formula is C14H11ClFN3O3S2. The van der Waals surface area contributed by atoms with E-state index in [9.17, 15) is 17.6 Å². The number of benzene rings is 1. The lowest BCUT2D eigenvalue weighted by Gasteiger charge is -2.24. The number of rotatable bonds is 2. The first kappa shape index (κ1) is 17.2. The standard InChI is InChI=1S/C14H11ClFN3O3S2/c15-9-5-8(1-2-10(9)16)19-11-6-24(21,22)7-12(11)23-14(19)18-13(20)3-4-17/h1-2,5,11-12H,3,6-7H2/t11-,12-/m0/s1. The summed E-state index contributed by atoms with van der Waals surface area (Å²) in [5.41, 5.74) is 0.460. The second-order valence-corrected chi connectivity index (χ2v) is 9.16. The Morgan fingerprint density at radius 2 is 2.25 bits per heavy atom. The normalized spacial score (nSPS) is 26.4. The quantitative estimate of drug-likeness (QED) is 0.770. The first-order valence-corrected chi connectivity index (χ1v) is 9.98. The zero-order valence-electron chi connectivity index (χ0n) is 12.1. The third-order valence-corrected chi connectivity index (χ3v) is 7.20. The van der Waals surface area contributed by atoms with Crippen LogP contribution in [0.2, 0.25) is 5.02 Å². The third kappa shape index (κ3) is 3.27. The first-order chi connectivity index (χ1) is 11.3. The summed E-state index contributed by atoms with van der Waals surface area (Å²) in [6, 6.07) is 5.32. The summed E-state index contributed by atoms with van der Waals surface area (Å²) in [4.78, 5) is 17.2. The van der Waals surface area contributed by atoms with Gasteiger partial charge in [0.15, 0.2) is 15.0 Å². The maximum absolute atomic E-state index is 13.4. The highest BCUT2D eigenvalue weighted by atomic mass is 35.5. The number of carbonyl (C=O) groups is 1. The fraction of sp³-hybridized carbons (Fsp3) is 0.357. The molecule has 1 aromatic carbocycles. The Kier molecular flexibility index (Phi) is 4.55. The second-order valence-electron chi connectivity index (χ2n) is 5.39. The molecule has 2 saturated heterocycles. The fourth-order valence-electron chi connectivity index (χ4n) is 2.72. The van der Waals surface area contributed by atoms with Gasteiger partial charge in [0.05, 0.1) is 28.6 Å². The van der Waals surface area contributed by atoms with Crippen molar-refractivity contribution in [3.63, 3.8) is 0 Å². The van der Waals surface area contributed by atoms with Gasteiger partial charge in [-0.25, -0.2) is 12.8 Å². The third-order valence-electron chi connectivity index (χ3n) is 3.70. The molecule has 0 aliphatic carbocycles. The van der Waals surface area contributed by atoms with Gasteiger partial charge in [0.25, 0.3) is 5.91 Å². The Balaban J connectivity index is 2.03. The van der Waals surface area contributed by atoms with Crippen LogP contribution in [0.4, 0.5) is 10.1 Å². The lowest BCUT2D eigenvalue weighted by Crippen LogP contribution is -2.37. The van der Waals surface area contributed by atoms with Gasteiger partial charge >= 0.3 is 0 Å². The van der Waals surface area contributed by atoms with Crippen LogP contribution in [-0.4, -0.2) is 42.3 Å². The van der Waals surface area contributed by atoms with Crippen LogP contribution in [0.5, 0.6) is 0 Å². The molecule has 2 fully saturated rings. The summed E-state index contributed by atoms with van der Waals surface area (Å²) in [7, 11) is -3.19. The Morgan fingerprint density at radius 3 is 2.92 bits per heavy atom. The van der Waals surface area contributed by atoms with Gasteiger partial charge in [-0.15, -0.1) is 0 Å². The van der Waals surface area contributed by atoms with E-state index in [1.54, 1.807) is 11.0 Å². The molecule has 1 amide bonds. The number of amides is 1. The van der Waals surface area contributed by atoms with Gasteiger partial charge < -0.3 is 4.90 Å². The van der Waals surface area contributed by atoms with Crippen molar-refractivity contribution in [3.05, 3.63) is 29.0 Å². The molecule has 2 aliphatic rings. The summed E-state index contributed by atoms with van der Waals surface area (Å²) < 4.78 is 37.2. The Bertz CT molecular complexity index is 882. The molecule has 2 heterocycles. The predicted octanol–water partition coefficient (Wildman–Crippen LogP) is 1.99. The van der Waals surface area contributed by atoms with E-state index >= 15 is 0 Å². The molecule has 2 aliphatic heterocycles. The van der Waals surface area contributed by atoms with Crippen molar-refractivity contribution in [1.82, 2.24) is 0 Å². The van der Waals surface area contributed by atoms with Crippen LogP contribution >= 0.6 is 23.4 Å². The van der Waals surface area contributed by atoms with E-state index in [1.165, 1.54) is 30.0 Å². The number of amidine groups is 1. The zero-order chi connectivity index (χ0) is 17.5. The Hall–Kier alpha value is -1.63. The number of halogens is 2. The predicted molar refractivity (Wildman–Crippen MR) is 90.4 cm³/mol. The molecule has 126 valence electrons. The van der Waals surface area contributed by atoms with Gasteiger partial charge in [-0.3, -0.25) is 4.79 Å². The molecule has 6 nitrogen and oxygen atoms in total. The minimum Gasteiger partial charge on any atom is -0.316 e. The van der Waals surface area contributed by atoms with E-state index in [2.05, 4.69) is 4.99 Å². The Labute approximate surface area is 147 Å². The smallest absolute Gasteiger partial charge is 0.262 e. The van der Waals surface area contributed by atoms with Crippen molar-refractivity contribution in [3.8, 4) is 6.07 Å². The molecule has 0 N–H and O–H groups in total. The number of thioether (sulfide) groups is 1. The summed E-state index contributed by atoms with van der Waals surface area (Å²) in [6.45, 7) is 0. The van der Waals surface area contributed by atoms with E-state index in [4.69, 9.17) is 16.9 Å². The minimum absolute atomic E-state index is 0.0147. The van der Waals surface area contributed by atoms with E-state index in [0.29, 0.717) is 10.9 Å². The monoisotopic (exact) mass is 387 g/mol. The number of nitriles is 1. The number of aliphatic imine (C=N–C) groups is 1. The van der Waals surface area contributed by atoms with Gasteiger partial charge in [-0.1, -0.05) is 23.4 Å². The van der Waals surface area contributed by atoms with Crippen molar-refractivity contribution in [2.24, 2.45) is 4.99 Å². The molecule has 0 unspecified atom stereocenters. The second kappa shape index (κ2) is 6.35. The number of sulfone groups is 1. The van der Waals surface area contributed by atoms with Crippen molar-refractivity contribution in [2.75, 3.05) is 16.4 Å². The van der Waals surface area contributed by atoms with Crippen molar-refractivity contribution in [1.29, 1.82) is 5.26 Å². The SMILES string of the molecule is N#CCC(=O)N=C1S[C@H]2CS(=O)(=O)C[C@@H]2N1c1ccc(F)c(Cl)c1. The number of carbonyl (C=O) groups excluding carboxylic acids is 1. The summed E-state index contributed by atoms with van der Waals surface area (Å²) in [5.74, 6) is -1.30. The first-order valence-electron chi connectivity index (χ1n) is 6.90. The maximum Gasteiger partial charge on any atom is 0.262 e. The molecule has 0 spiro atoms. The van der Waals surface area contributed by atoms with Crippen LogP contribution in [0.15, 0.2) is 23.2 Å². The number of hydrogen-bond donors (Lipinski definition) is 0. The highest BCUT2D eigenvalue weighted by Gasteiger charge is 2.49. The molecule has 3 rings (SSSR count). The molecule has 2 atom stereocenters. The number of anilines is 1. The van der Waals surface area contributed by atoms with Gasteiger partial charge in [-0.2, -0.15) is 10.3 Å². The van der Waals surface area contributed by atoms with Crippen LogP contribution in [0, 0.1) is 17.1 Å². The fourth-order valence-corrected chi connectivity index (χ4v) is 6.82. The molecule has 0 bridgehead atoms. The van der Waals surface area contributed by atoms with E-state index in [-0.39, 0.29) is 28.2 Å². The highest BCUT2D eigenvalue weighted by Crippen LogP contribution is 2.41. The lowest BCUT2D eigenvalue weighted by atomic mass is 10.2. The average molecular weight is 388 g/mol. The maximum atomic E-state index is 13.4. The van der Waals surface area contributed by atoms with E-state index in [1.807, 2.05) is 0 Å². The zero-order valence-corrected chi connectivity index (χ0v) is 14.5. The molecule has 0 radical (unpaired) electrons. The summed E-state index contributed by atoms with van der Waals surface area (Å²) in [5, 5.41) is 8.52. The molecule has 0 aromatic heterocycles. The molecule has 1 aromatic rings. The molecule has 10 heteroatoms. The van der Waals surface area contributed by atoms with Crippen LogP contribution in [0.25, 0.3) is 0 Å². The Morgan fingerprint density at radius 1 is 1.50 bits per heavy atom. The summed E-state index contributed by atoms with van der Waals surface area (Å²) in [6.07, 6.45) is -0.365. The number of hydrogen-bond acceptors (Lipinski definition) is 5. The molecular weight excluding hydrogens is 377 g/mol. The van der Waals surface area contributed by atoms with E-state index < -0.39 is 27.6 Å². The van der Waals surface area contributed by atoms with Crippen molar-refractivity contribution < 1.29 is 17.6 Å². The molecule has 0 saturated carbocycles. The number of fused-ring (bicyclic) bond motifs is 1. The van der Waals surface area contributed by atoms with Crippen LogP contribution < -0.4 is 4.90 Å². The highest BCUT2D eigenvalue weighted by molar-refractivity contribution is 8.16. The summed E-state index contributed by atoms with van der Waals surface area (Å²) >= 11 is 7.00. The topological polar surface area (TPSA) is 90.6 Å². The van der Waals surface area contributed by atoms with Crippen LogP contribution in [0.3, 0.4) is 0 Å². The minimum atomic E-state index is -3.19. The van der Waals surface area contributed by atoms with Gasteiger partial charge in [0.1, 0.15) is 12.2 Å². The number of nitrogens with zero attached hydrogens (tertiary/aromatic N) is 3. The van der Waals surface area contributed by atoms with Crippen LogP contribution in [0.1, 0.15) is 6.42 Å². The molecule has 24 heavy (non-hydrogen) atoms. The largest absolute Gasteiger partial charge is 0.316 e. The lowest BCUT2D eigenvalue weighted by molar-refractivity contribution is -0.116. The average Bonchev–Trinajstić information content (AvgIpc) is 2.93. The van der Waals surface area contributed by atoms with Crippen LogP contribution in [-0.2, 0) is 14.6 Å². The van der Waals surface area contributed by atoms with Crippen molar-refractivity contribution >= 4 is 50.0 Å².